The Balaban J connectivity index is 3.06. The minimum atomic E-state index is -9.05. The van der Waals surface area contributed by atoms with Gasteiger partial charge in [-0.05, 0) is 24.3 Å². The Bertz CT molecular complexity index is 2220. The molecule has 0 unspecified atom stereocenters. The molecule has 0 saturated carbocycles. The summed E-state index contributed by atoms with van der Waals surface area (Å²) >= 11 is 0. The lowest BCUT2D eigenvalue weighted by Gasteiger charge is -2.41. The number of azo groups is 1. The molecule has 67 heavy (non-hydrogen) atoms. The van der Waals surface area contributed by atoms with E-state index in [2.05, 4.69) is 10.2 Å². The van der Waals surface area contributed by atoms with Gasteiger partial charge < -0.3 is 10.2 Å². The van der Waals surface area contributed by atoms with Gasteiger partial charge in [0.05, 0.1) is 29.3 Å². The molecular weight excluding hydrogens is 1030 g/mol. The molecule has 38 heteroatoms. The summed E-state index contributed by atoms with van der Waals surface area (Å²) < 4.78 is 397. The minimum absolute atomic E-state index is 0.0637. The normalized spacial score (nSPS) is 14.9. The van der Waals surface area contributed by atoms with Crippen molar-refractivity contribution in [2.24, 2.45) is 10.2 Å². The van der Waals surface area contributed by atoms with E-state index >= 15 is 0 Å². The smallest absolute Gasteiger partial charge is 0.359 e. The fourth-order valence-electron chi connectivity index (χ4n) is 4.47. The zero-order valence-corrected chi connectivity index (χ0v) is 30.3. The van der Waals surface area contributed by atoms with Crippen LogP contribution in [0, 0.1) is 21.4 Å². The molecule has 0 bridgehead atoms. The number of benzene rings is 2. The molecule has 0 fully saturated rings. The van der Waals surface area contributed by atoms with E-state index < -0.39 is 159 Å². The standard InChI is InChI=1S/C29H11F29N6O3/c30-17(31,20(36,37)27(50,51)52)8-63(9-18(32,33)21(38,39)28(53,54)55)11-1-4-14(62-61-13-3-2-12(64(66)67)5-10(13)7-59)15(6-11)60-16(65)19(34,35)22(40,41)23(42,43)24(44,45)25(46,47)26(48,49)29(56,57)58/h1-6H,8-9H2,(H,60,65)/b62-61+. The van der Waals surface area contributed by atoms with Crippen LogP contribution in [-0.4, -0.2) is 102 Å². The Hall–Kier alpha value is -5.83. The van der Waals surface area contributed by atoms with Crippen LogP contribution in [0.25, 0.3) is 0 Å². The van der Waals surface area contributed by atoms with Gasteiger partial charge in [-0.1, -0.05) is 0 Å². The molecule has 0 aromatic heterocycles. The van der Waals surface area contributed by atoms with Gasteiger partial charge in [0.25, 0.3) is 5.69 Å². The Morgan fingerprint density at radius 1 is 0.552 bits per heavy atom. The van der Waals surface area contributed by atoms with Crippen molar-refractivity contribution in [1.29, 1.82) is 5.26 Å². The third kappa shape index (κ3) is 9.66. The molecule has 2 rings (SSSR count). The second-order valence-corrected chi connectivity index (χ2v) is 12.8. The van der Waals surface area contributed by atoms with E-state index in [0.29, 0.717) is 18.2 Å². The fourth-order valence-corrected chi connectivity index (χ4v) is 4.47. The van der Waals surface area contributed by atoms with E-state index in [4.69, 9.17) is 0 Å². The Kier molecular flexibility index (Phi) is 14.6. The van der Waals surface area contributed by atoms with E-state index in [1.54, 1.807) is 0 Å². The van der Waals surface area contributed by atoms with Gasteiger partial charge in [0.15, 0.2) is 0 Å². The number of hydrogen-bond acceptors (Lipinski definition) is 7. The maximum atomic E-state index is 14.8. The second kappa shape index (κ2) is 17.0. The number of nitrogens with zero attached hydrogens (tertiary/aromatic N) is 5. The van der Waals surface area contributed by atoms with E-state index in [1.165, 1.54) is 0 Å². The van der Waals surface area contributed by atoms with Crippen molar-refractivity contribution in [1.82, 2.24) is 0 Å². The maximum absolute atomic E-state index is 14.8. The first kappa shape index (κ1) is 57.3. The highest BCUT2D eigenvalue weighted by atomic mass is 19.4. The number of rotatable bonds is 17. The SMILES string of the molecule is N#Cc1cc([N+](=O)[O-])ccc1/N=N/c1ccc(N(CC(F)(F)C(F)(F)C(F)(F)F)CC(F)(F)C(F)(F)C(F)(F)F)cc1NC(=O)C(F)(F)C(F)(F)C(F)(F)C(F)(F)C(F)(F)C(F)(F)C(F)(F)F. The van der Waals surface area contributed by atoms with Gasteiger partial charge in [0.1, 0.15) is 17.4 Å². The summed E-state index contributed by atoms with van der Waals surface area (Å²) in [7, 11) is 0. The van der Waals surface area contributed by atoms with E-state index in [1.807, 2.05) is 0 Å². The van der Waals surface area contributed by atoms with Gasteiger partial charge in [0, 0.05) is 17.8 Å². The number of non-ortho nitro benzene ring substituents is 1. The summed E-state index contributed by atoms with van der Waals surface area (Å²) in [6.07, 6.45) is -23.1. The maximum Gasteiger partial charge on any atom is 0.460 e. The first-order valence-electron chi connectivity index (χ1n) is 15.7. The molecule has 0 aliphatic carbocycles. The topological polar surface area (TPSA) is 124 Å². The molecule has 1 N–H and O–H groups in total. The molecule has 9 nitrogen and oxygen atoms in total. The number of halogens is 29. The molecule has 378 valence electrons. The molecule has 0 spiro atoms. The van der Waals surface area contributed by atoms with Crippen LogP contribution in [0.4, 0.5) is 156 Å². The van der Waals surface area contributed by atoms with Crippen molar-refractivity contribution in [3.63, 3.8) is 0 Å². The van der Waals surface area contributed by atoms with Crippen LogP contribution in [-0.2, 0) is 4.79 Å². The Labute approximate surface area is 346 Å². The summed E-state index contributed by atoms with van der Waals surface area (Å²) in [6.45, 7) is -7.81. The molecule has 0 heterocycles. The van der Waals surface area contributed by atoms with Crippen LogP contribution in [0.5, 0.6) is 0 Å². The number of alkyl halides is 29. The zero-order valence-electron chi connectivity index (χ0n) is 30.3. The van der Waals surface area contributed by atoms with Gasteiger partial charge in [0.2, 0.25) is 0 Å². The lowest BCUT2D eigenvalue weighted by Crippen LogP contribution is -2.73. The summed E-state index contributed by atoms with van der Waals surface area (Å²) in [5, 5.41) is 26.1. The number of hydrogen-bond donors (Lipinski definition) is 1. The molecule has 0 saturated heterocycles. The number of anilines is 2. The van der Waals surface area contributed by atoms with Crippen LogP contribution in [0.2, 0.25) is 0 Å². The minimum Gasteiger partial charge on any atom is -0.359 e. The third-order valence-corrected chi connectivity index (χ3v) is 8.19. The average Bonchev–Trinajstić information content (AvgIpc) is 3.14. The summed E-state index contributed by atoms with van der Waals surface area (Å²) in [4.78, 5) is 20.4. The van der Waals surface area contributed by atoms with Gasteiger partial charge >= 0.3 is 83.7 Å². The van der Waals surface area contributed by atoms with Crippen LogP contribution < -0.4 is 10.2 Å². The zero-order chi connectivity index (χ0) is 53.2. The van der Waals surface area contributed by atoms with Crippen LogP contribution in [0.1, 0.15) is 5.56 Å². The average molecular weight is 1040 g/mol. The quantitative estimate of drug-likeness (QED) is 0.0731. The second-order valence-electron chi connectivity index (χ2n) is 12.8. The molecule has 0 radical (unpaired) electrons. The van der Waals surface area contributed by atoms with Crippen LogP contribution in [0.15, 0.2) is 46.6 Å². The summed E-state index contributed by atoms with van der Waals surface area (Å²) in [5.74, 6) is -86.0. The Morgan fingerprint density at radius 3 is 1.31 bits per heavy atom. The number of nitro groups is 1. The fraction of sp³-hybridized carbons (Fsp3) is 0.517. The van der Waals surface area contributed by atoms with Gasteiger partial charge in [-0.25, -0.2) is 0 Å². The highest BCUT2D eigenvalue weighted by Gasteiger charge is 2.94. The predicted octanol–water partition coefficient (Wildman–Crippen LogP) is 12.7. The van der Waals surface area contributed by atoms with Gasteiger partial charge in [-0.3, -0.25) is 14.9 Å². The van der Waals surface area contributed by atoms with Crippen molar-refractivity contribution in [3.8, 4) is 6.07 Å². The molecule has 2 aromatic rings. The molecular formula is C29H11F29N6O3. The van der Waals surface area contributed by atoms with E-state index in [9.17, 15) is 147 Å². The number of carbonyl (C=O) groups excluding carboxylic acids is 1. The number of nitrogens with one attached hydrogen (secondary N) is 1. The van der Waals surface area contributed by atoms with Crippen molar-refractivity contribution in [3.05, 3.63) is 52.1 Å². The number of carbonyl (C=O) groups is 1. The molecule has 1 amide bonds. The highest BCUT2D eigenvalue weighted by Crippen LogP contribution is 2.62. The monoisotopic (exact) mass is 1040 g/mol. The first-order chi connectivity index (χ1) is 29.4. The first-order valence-corrected chi connectivity index (χ1v) is 15.7. The molecule has 0 atom stereocenters. The van der Waals surface area contributed by atoms with Crippen molar-refractivity contribution < 1.29 is 137 Å². The number of nitro benzene ring substituents is 1. The third-order valence-electron chi connectivity index (χ3n) is 8.19. The van der Waals surface area contributed by atoms with Crippen molar-refractivity contribution in [2.75, 3.05) is 23.3 Å². The molecule has 0 aliphatic rings. The van der Waals surface area contributed by atoms with Gasteiger partial charge in [-0.2, -0.15) is 133 Å². The summed E-state index contributed by atoms with van der Waals surface area (Å²) in [6, 6.07) is 0.446. The summed E-state index contributed by atoms with van der Waals surface area (Å²) in [5.41, 5.74) is -9.82. The van der Waals surface area contributed by atoms with Crippen molar-refractivity contribution in [2.45, 2.75) is 77.8 Å². The number of amides is 1. The van der Waals surface area contributed by atoms with Crippen LogP contribution >= 0.6 is 0 Å². The highest BCUT2D eigenvalue weighted by molar-refractivity contribution is 5.99. The van der Waals surface area contributed by atoms with Crippen molar-refractivity contribution >= 4 is 34.3 Å². The molecule has 2 aromatic carbocycles. The number of nitriles is 1. The lowest BCUT2D eigenvalue weighted by molar-refractivity contribution is -0.449. The van der Waals surface area contributed by atoms with Crippen LogP contribution in [0.3, 0.4) is 0 Å². The van der Waals surface area contributed by atoms with E-state index in [0.717, 1.165) is 6.07 Å². The van der Waals surface area contributed by atoms with E-state index in [-0.39, 0.29) is 5.32 Å². The lowest BCUT2D eigenvalue weighted by atomic mass is 9.90. The largest absolute Gasteiger partial charge is 0.460 e. The van der Waals surface area contributed by atoms with Gasteiger partial charge in [-0.15, -0.1) is 10.2 Å². The molecule has 0 aliphatic heterocycles. The Morgan fingerprint density at radius 2 is 0.925 bits per heavy atom. The predicted molar refractivity (Wildman–Crippen MR) is 157 cm³/mol.